The Morgan fingerprint density at radius 1 is 0.362 bits per heavy atom. The van der Waals surface area contributed by atoms with Gasteiger partial charge in [0.1, 0.15) is 13.2 Å². The van der Waals surface area contributed by atoms with Gasteiger partial charge in [-0.15, -0.1) is 0 Å². The second-order valence-electron chi connectivity index (χ2n) is 15.1. The molecule has 0 saturated carbocycles. The van der Waals surface area contributed by atoms with Gasteiger partial charge in [0, 0.05) is 19.3 Å². The van der Waals surface area contributed by atoms with E-state index in [9.17, 15) is 14.4 Å². The van der Waals surface area contributed by atoms with Crippen LogP contribution in [0, 0.1) is 0 Å². The van der Waals surface area contributed by atoms with E-state index in [0.717, 1.165) is 83.5 Å². The average molecular weight is 805 g/mol. The molecule has 0 aliphatic heterocycles. The van der Waals surface area contributed by atoms with E-state index in [-0.39, 0.29) is 31.1 Å². The molecule has 0 N–H and O–H groups in total. The zero-order valence-electron chi connectivity index (χ0n) is 37.3. The summed E-state index contributed by atoms with van der Waals surface area (Å²) in [6.07, 6.45) is 59.6. The third-order valence-corrected chi connectivity index (χ3v) is 9.51. The molecule has 0 saturated heterocycles. The second kappa shape index (κ2) is 46.0. The van der Waals surface area contributed by atoms with Crippen LogP contribution < -0.4 is 0 Å². The Bertz CT molecular complexity index is 1200. The van der Waals surface area contributed by atoms with Crippen LogP contribution in [0.1, 0.15) is 194 Å². The first-order valence-corrected chi connectivity index (χ1v) is 23.3. The van der Waals surface area contributed by atoms with Gasteiger partial charge in [0.05, 0.1) is 0 Å². The van der Waals surface area contributed by atoms with Crippen LogP contribution in [0.5, 0.6) is 0 Å². The van der Waals surface area contributed by atoms with Crippen molar-refractivity contribution in [2.75, 3.05) is 13.2 Å². The van der Waals surface area contributed by atoms with Crippen molar-refractivity contribution in [1.82, 2.24) is 0 Å². The highest BCUT2D eigenvalue weighted by Crippen LogP contribution is 2.14. The molecule has 0 radical (unpaired) electrons. The van der Waals surface area contributed by atoms with Crippen molar-refractivity contribution < 1.29 is 28.6 Å². The lowest BCUT2D eigenvalue weighted by atomic mass is 10.0. The summed E-state index contributed by atoms with van der Waals surface area (Å²) in [6.45, 7) is 6.35. The maximum atomic E-state index is 12.7. The Morgan fingerprint density at radius 2 is 0.690 bits per heavy atom. The summed E-state index contributed by atoms with van der Waals surface area (Å²) < 4.78 is 16.7. The van der Waals surface area contributed by atoms with Crippen molar-refractivity contribution >= 4 is 17.9 Å². The van der Waals surface area contributed by atoms with Crippen molar-refractivity contribution in [3.05, 3.63) is 97.2 Å². The number of esters is 3. The Labute approximate surface area is 356 Å². The number of carbonyl (C=O) groups excluding carboxylic acids is 3. The molecule has 0 aliphatic carbocycles. The molecule has 0 aromatic rings. The second-order valence-corrected chi connectivity index (χ2v) is 15.1. The molecule has 0 aromatic carbocycles. The fourth-order valence-corrected chi connectivity index (χ4v) is 5.98. The van der Waals surface area contributed by atoms with Gasteiger partial charge in [-0.1, -0.05) is 214 Å². The van der Waals surface area contributed by atoms with Gasteiger partial charge in [-0.2, -0.15) is 0 Å². The minimum absolute atomic E-state index is 0.106. The summed E-state index contributed by atoms with van der Waals surface area (Å²) in [7, 11) is 0. The first-order valence-electron chi connectivity index (χ1n) is 23.3. The quantitative estimate of drug-likeness (QED) is 0.0266. The Kier molecular flexibility index (Phi) is 43.1. The van der Waals surface area contributed by atoms with Crippen molar-refractivity contribution in [3.63, 3.8) is 0 Å². The highest BCUT2D eigenvalue weighted by molar-refractivity contribution is 5.71. The molecule has 0 spiro atoms. The van der Waals surface area contributed by atoms with Crippen LogP contribution in [0.25, 0.3) is 0 Å². The standard InChI is InChI=1S/C52H84O6/c1-4-7-10-13-16-19-22-24-25-26-27-28-31-33-36-39-42-45-51(54)57-48-49(47-56-50(53)44-41-38-35-32-29-21-18-15-12-9-6-3)58-52(55)46-43-40-37-34-30-23-20-17-14-11-8-5-2/h7,10,13,15-16,18-19,21-22,24-29,31,49H,4-6,8-9,11-12,14,17,20,23,30,32-48H2,1-3H3/b10-7-,16-13-,18-15-,22-19-,25-24-,27-26+,29-21-,31-28-. The summed E-state index contributed by atoms with van der Waals surface area (Å²) in [6, 6.07) is 0. The van der Waals surface area contributed by atoms with Crippen LogP contribution in [0.2, 0.25) is 0 Å². The van der Waals surface area contributed by atoms with E-state index in [1.54, 1.807) is 0 Å². The maximum Gasteiger partial charge on any atom is 0.306 e. The summed E-state index contributed by atoms with van der Waals surface area (Å²) in [5.41, 5.74) is 0. The van der Waals surface area contributed by atoms with Gasteiger partial charge in [0.2, 0.25) is 0 Å². The number of hydrogen-bond acceptors (Lipinski definition) is 6. The third-order valence-electron chi connectivity index (χ3n) is 9.51. The lowest BCUT2D eigenvalue weighted by Gasteiger charge is -2.18. The van der Waals surface area contributed by atoms with E-state index in [2.05, 4.69) is 57.2 Å². The number of carbonyl (C=O) groups is 3. The van der Waals surface area contributed by atoms with E-state index in [1.165, 1.54) is 70.6 Å². The molecule has 0 aromatic heterocycles. The summed E-state index contributed by atoms with van der Waals surface area (Å²) >= 11 is 0. The van der Waals surface area contributed by atoms with Crippen molar-refractivity contribution in [1.29, 1.82) is 0 Å². The minimum atomic E-state index is -0.804. The van der Waals surface area contributed by atoms with Crippen LogP contribution in [0.15, 0.2) is 97.2 Å². The molecule has 6 heteroatoms. The molecule has 0 rings (SSSR count). The van der Waals surface area contributed by atoms with Crippen LogP contribution in [-0.2, 0) is 28.6 Å². The summed E-state index contributed by atoms with van der Waals surface area (Å²) in [4.78, 5) is 37.8. The Morgan fingerprint density at radius 3 is 1.12 bits per heavy atom. The van der Waals surface area contributed by atoms with Gasteiger partial charge in [0.15, 0.2) is 6.10 Å². The fraction of sp³-hybridized carbons (Fsp3) is 0.635. The molecule has 58 heavy (non-hydrogen) atoms. The predicted octanol–water partition coefficient (Wildman–Crippen LogP) is 15.0. The Hall–Kier alpha value is -3.67. The predicted molar refractivity (Wildman–Crippen MR) is 247 cm³/mol. The summed E-state index contributed by atoms with van der Waals surface area (Å²) in [5, 5.41) is 0. The fourth-order valence-electron chi connectivity index (χ4n) is 5.98. The smallest absolute Gasteiger partial charge is 0.306 e. The van der Waals surface area contributed by atoms with E-state index in [1.807, 2.05) is 60.8 Å². The molecule has 328 valence electrons. The molecular formula is C52H84O6. The van der Waals surface area contributed by atoms with Gasteiger partial charge in [-0.3, -0.25) is 14.4 Å². The molecule has 0 bridgehead atoms. The van der Waals surface area contributed by atoms with E-state index in [0.29, 0.717) is 19.3 Å². The highest BCUT2D eigenvalue weighted by Gasteiger charge is 2.19. The highest BCUT2D eigenvalue weighted by atomic mass is 16.6. The van der Waals surface area contributed by atoms with E-state index in [4.69, 9.17) is 14.2 Å². The van der Waals surface area contributed by atoms with Crippen molar-refractivity contribution in [3.8, 4) is 0 Å². The average Bonchev–Trinajstić information content (AvgIpc) is 3.22. The number of hydrogen-bond donors (Lipinski definition) is 0. The molecule has 1 atom stereocenters. The zero-order valence-corrected chi connectivity index (χ0v) is 37.3. The molecule has 0 aliphatic rings. The molecule has 1 unspecified atom stereocenters. The third kappa shape index (κ3) is 43.5. The van der Waals surface area contributed by atoms with E-state index < -0.39 is 6.10 Å². The zero-order chi connectivity index (χ0) is 42.3. The van der Waals surface area contributed by atoms with Gasteiger partial charge in [0.25, 0.3) is 0 Å². The van der Waals surface area contributed by atoms with Crippen LogP contribution in [-0.4, -0.2) is 37.2 Å². The molecule has 0 fully saturated rings. The lowest BCUT2D eigenvalue weighted by molar-refractivity contribution is -0.167. The first-order chi connectivity index (χ1) is 28.5. The van der Waals surface area contributed by atoms with Crippen LogP contribution in [0.4, 0.5) is 0 Å². The van der Waals surface area contributed by atoms with Crippen LogP contribution >= 0.6 is 0 Å². The molecular weight excluding hydrogens is 721 g/mol. The van der Waals surface area contributed by atoms with Crippen molar-refractivity contribution in [2.45, 2.75) is 200 Å². The normalized spacial score (nSPS) is 12.9. The Balaban J connectivity index is 4.51. The van der Waals surface area contributed by atoms with Gasteiger partial charge in [-0.05, 0) is 57.8 Å². The molecule has 0 heterocycles. The van der Waals surface area contributed by atoms with Gasteiger partial charge >= 0.3 is 17.9 Å². The molecule has 6 nitrogen and oxygen atoms in total. The first kappa shape index (κ1) is 54.3. The lowest BCUT2D eigenvalue weighted by Crippen LogP contribution is -2.30. The molecule has 0 amide bonds. The SMILES string of the molecule is CC\C=C/C=C\C=C/C=C\C=C\C=C/CCCCCC(=O)OCC(COC(=O)CCCCC/C=C\C=C/CCCC)OC(=O)CCCCCCCCCCCCCC. The van der Waals surface area contributed by atoms with E-state index >= 15 is 0 Å². The van der Waals surface area contributed by atoms with Gasteiger partial charge in [-0.25, -0.2) is 0 Å². The monoisotopic (exact) mass is 805 g/mol. The van der Waals surface area contributed by atoms with Crippen LogP contribution in [0.3, 0.4) is 0 Å². The number of rotatable bonds is 40. The number of allylic oxidation sites excluding steroid dienone is 16. The van der Waals surface area contributed by atoms with Crippen molar-refractivity contribution in [2.24, 2.45) is 0 Å². The topological polar surface area (TPSA) is 78.9 Å². The minimum Gasteiger partial charge on any atom is -0.462 e. The number of unbranched alkanes of at least 4 members (excludes halogenated alkanes) is 19. The number of ether oxygens (including phenoxy) is 3. The van der Waals surface area contributed by atoms with Gasteiger partial charge < -0.3 is 14.2 Å². The maximum absolute atomic E-state index is 12.7. The largest absolute Gasteiger partial charge is 0.462 e. The summed E-state index contributed by atoms with van der Waals surface area (Å²) in [5.74, 6) is -0.984.